The highest BCUT2D eigenvalue weighted by molar-refractivity contribution is 8.01. The monoisotopic (exact) mass is 433 g/mol. The van der Waals surface area contributed by atoms with Crippen molar-refractivity contribution in [2.75, 3.05) is 13.1 Å². The Morgan fingerprint density at radius 2 is 1.97 bits per heavy atom. The molecule has 4 atom stereocenters. The SMILES string of the molecule is CC1(C)SC2C(NC(=O)C(NN3CCNC3=O)c3ccccc3)C(=O)N2C1C(=O)O. The molecule has 3 fully saturated rings. The molecule has 0 radical (unpaired) electrons. The predicted octanol–water partition coefficient (Wildman–Crippen LogP) is -0.111. The van der Waals surface area contributed by atoms with Crippen LogP contribution in [0.15, 0.2) is 30.3 Å². The Kier molecular flexibility index (Phi) is 5.10. The highest BCUT2D eigenvalue weighted by Crippen LogP contribution is 2.50. The van der Waals surface area contributed by atoms with Crippen LogP contribution in [0, 0.1) is 0 Å². The van der Waals surface area contributed by atoms with Crippen molar-refractivity contribution < 1.29 is 24.3 Å². The van der Waals surface area contributed by atoms with Crippen LogP contribution < -0.4 is 16.1 Å². The minimum atomic E-state index is -1.06. The van der Waals surface area contributed by atoms with Gasteiger partial charge in [-0.15, -0.1) is 11.8 Å². The zero-order chi connectivity index (χ0) is 21.6. The van der Waals surface area contributed by atoms with E-state index in [9.17, 15) is 24.3 Å². The van der Waals surface area contributed by atoms with Gasteiger partial charge in [0.15, 0.2) is 0 Å². The minimum absolute atomic E-state index is 0.327. The lowest BCUT2D eigenvalue weighted by Crippen LogP contribution is -2.71. The second kappa shape index (κ2) is 7.47. The second-order valence-electron chi connectivity index (χ2n) is 7.94. The molecule has 3 saturated heterocycles. The number of thioether (sulfide) groups is 1. The van der Waals surface area contributed by atoms with Crippen molar-refractivity contribution in [3.63, 3.8) is 0 Å². The summed E-state index contributed by atoms with van der Waals surface area (Å²) < 4.78 is -0.670. The fraction of sp³-hybridized carbons (Fsp3) is 0.474. The zero-order valence-electron chi connectivity index (χ0n) is 16.5. The van der Waals surface area contributed by atoms with E-state index in [1.165, 1.54) is 21.7 Å². The third-order valence-electron chi connectivity index (χ3n) is 5.51. The van der Waals surface area contributed by atoms with Crippen LogP contribution >= 0.6 is 11.8 Å². The molecule has 3 heterocycles. The number of carbonyl (C=O) groups excluding carboxylic acids is 3. The first kappa shape index (κ1) is 20.5. The summed E-state index contributed by atoms with van der Waals surface area (Å²) in [4.78, 5) is 50.7. The van der Waals surface area contributed by atoms with Gasteiger partial charge in [-0.05, 0) is 19.4 Å². The summed E-state index contributed by atoms with van der Waals surface area (Å²) in [6.45, 7) is 4.43. The number of hydrogen-bond acceptors (Lipinski definition) is 6. The van der Waals surface area contributed by atoms with Gasteiger partial charge in [-0.2, -0.15) is 0 Å². The van der Waals surface area contributed by atoms with Crippen LogP contribution in [0.5, 0.6) is 0 Å². The van der Waals surface area contributed by atoms with Crippen molar-refractivity contribution in [1.29, 1.82) is 0 Å². The first-order chi connectivity index (χ1) is 14.2. The predicted molar refractivity (Wildman–Crippen MR) is 108 cm³/mol. The molecule has 1 aromatic rings. The van der Waals surface area contributed by atoms with E-state index in [2.05, 4.69) is 16.1 Å². The summed E-state index contributed by atoms with van der Waals surface area (Å²) in [5.41, 5.74) is 3.58. The summed E-state index contributed by atoms with van der Waals surface area (Å²) in [6.07, 6.45) is 0. The van der Waals surface area contributed by atoms with Crippen LogP contribution in [0.1, 0.15) is 25.5 Å². The van der Waals surface area contributed by atoms with Gasteiger partial charge in [0.1, 0.15) is 23.5 Å². The minimum Gasteiger partial charge on any atom is -0.480 e. The van der Waals surface area contributed by atoms with Crippen LogP contribution in [-0.4, -0.2) is 74.1 Å². The Hall–Kier alpha value is -2.79. The van der Waals surface area contributed by atoms with Crippen molar-refractivity contribution in [2.24, 2.45) is 0 Å². The number of rotatable bonds is 6. The van der Waals surface area contributed by atoms with E-state index < -0.39 is 46.0 Å². The van der Waals surface area contributed by atoms with Gasteiger partial charge >= 0.3 is 12.0 Å². The number of carboxylic acids is 1. The molecule has 30 heavy (non-hydrogen) atoms. The summed E-state index contributed by atoms with van der Waals surface area (Å²) in [5, 5.41) is 15.8. The van der Waals surface area contributed by atoms with Gasteiger partial charge in [0, 0.05) is 11.3 Å². The molecule has 0 saturated carbocycles. The highest BCUT2D eigenvalue weighted by atomic mass is 32.2. The quantitative estimate of drug-likeness (QED) is 0.461. The van der Waals surface area contributed by atoms with Crippen molar-refractivity contribution in [1.82, 2.24) is 26.0 Å². The van der Waals surface area contributed by atoms with E-state index in [1.807, 2.05) is 6.07 Å². The Morgan fingerprint density at radius 1 is 1.27 bits per heavy atom. The topological polar surface area (TPSA) is 131 Å². The summed E-state index contributed by atoms with van der Waals surface area (Å²) in [5.74, 6) is -1.93. The van der Waals surface area contributed by atoms with Crippen LogP contribution in [0.25, 0.3) is 0 Å². The third-order valence-corrected chi connectivity index (χ3v) is 7.08. The lowest BCUT2D eigenvalue weighted by atomic mass is 9.95. The van der Waals surface area contributed by atoms with Gasteiger partial charge < -0.3 is 20.6 Å². The Morgan fingerprint density at radius 3 is 2.57 bits per heavy atom. The van der Waals surface area contributed by atoms with E-state index in [1.54, 1.807) is 38.1 Å². The molecule has 4 unspecified atom stereocenters. The van der Waals surface area contributed by atoms with E-state index in [0.29, 0.717) is 18.7 Å². The maximum absolute atomic E-state index is 13.1. The number of β-lactam (4-membered cyclic amide) rings is 1. The number of urea groups is 1. The number of hydrogen-bond donors (Lipinski definition) is 4. The number of nitrogens with zero attached hydrogens (tertiary/aromatic N) is 2. The number of fused-ring (bicyclic) bond motifs is 1. The molecule has 4 amide bonds. The first-order valence-electron chi connectivity index (χ1n) is 9.60. The van der Waals surface area contributed by atoms with E-state index in [-0.39, 0.29) is 6.03 Å². The van der Waals surface area contributed by atoms with Crippen molar-refractivity contribution in [2.45, 2.75) is 42.1 Å². The van der Waals surface area contributed by atoms with Crippen LogP contribution in [0.3, 0.4) is 0 Å². The van der Waals surface area contributed by atoms with Crippen molar-refractivity contribution >= 4 is 35.6 Å². The average Bonchev–Trinajstić information content (AvgIpc) is 3.22. The van der Waals surface area contributed by atoms with Gasteiger partial charge in [0.05, 0.1) is 6.54 Å². The summed E-state index contributed by atoms with van der Waals surface area (Å²) in [6, 6.07) is 5.93. The summed E-state index contributed by atoms with van der Waals surface area (Å²) >= 11 is 1.36. The van der Waals surface area contributed by atoms with Crippen LogP contribution in [0.4, 0.5) is 4.79 Å². The van der Waals surface area contributed by atoms with Crippen molar-refractivity contribution in [3.05, 3.63) is 35.9 Å². The van der Waals surface area contributed by atoms with Gasteiger partial charge in [-0.3, -0.25) is 14.6 Å². The van der Waals surface area contributed by atoms with Gasteiger partial charge in [0.2, 0.25) is 11.8 Å². The molecule has 3 aliphatic heterocycles. The first-order valence-corrected chi connectivity index (χ1v) is 10.5. The molecule has 3 aliphatic rings. The zero-order valence-corrected chi connectivity index (χ0v) is 17.3. The highest BCUT2D eigenvalue weighted by Gasteiger charge is 2.64. The fourth-order valence-electron chi connectivity index (χ4n) is 4.06. The molecule has 10 nitrogen and oxygen atoms in total. The molecule has 1 aromatic carbocycles. The van der Waals surface area contributed by atoms with E-state index in [4.69, 9.17) is 0 Å². The number of aliphatic carboxylic acids is 1. The molecule has 0 aromatic heterocycles. The van der Waals surface area contributed by atoms with E-state index >= 15 is 0 Å². The van der Waals surface area contributed by atoms with Crippen molar-refractivity contribution in [3.8, 4) is 0 Å². The number of benzene rings is 1. The number of carbonyl (C=O) groups is 4. The smallest absolute Gasteiger partial charge is 0.331 e. The molecular weight excluding hydrogens is 410 g/mol. The van der Waals surface area contributed by atoms with Crippen LogP contribution in [0.2, 0.25) is 0 Å². The van der Waals surface area contributed by atoms with Crippen LogP contribution in [-0.2, 0) is 14.4 Å². The average molecular weight is 433 g/mol. The fourth-order valence-corrected chi connectivity index (χ4v) is 5.69. The molecule has 11 heteroatoms. The number of nitrogens with one attached hydrogen (secondary N) is 3. The van der Waals surface area contributed by atoms with Gasteiger partial charge in [0.25, 0.3) is 0 Å². The lowest BCUT2D eigenvalue weighted by Gasteiger charge is -2.44. The Labute approximate surface area is 177 Å². The number of hydrazine groups is 1. The maximum Gasteiger partial charge on any atom is 0.331 e. The standard InChI is InChI=1S/C19H23N5O5S/c1-19(2)13(17(27)28)24-15(26)12(16(24)30-19)21-14(25)11(10-6-4-3-5-7-10)22-23-9-8-20-18(23)29/h3-7,11-13,16,22H,8-9H2,1-2H3,(H,20,29)(H,21,25)(H,27,28). The largest absolute Gasteiger partial charge is 0.480 e. The van der Waals surface area contributed by atoms with Gasteiger partial charge in [-0.25, -0.2) is 15.0 Å². The Bertz CT molecular complexity index is 895. The maximum atomic E-state index is 13.1. The lowest BCUT2D eigenvalue weighted by molar-refractivity contribution is -0.161. The summed E-state index contributed by atoms with van der Waals surface area (Å²) in [7, 11) is 0. The Balaban J connectivity index is 1.51. The number of amides is 4. The molecule has 0 spiro atoms. The van der Waals surface area contributed by atoms with E-state index in [0.717, 1.165) is 0 Å². The second-order valence-corrected chi connectivity index (χ2v) is 9.71. The molecule has 4 N–H and O–H groups in total. The third kappa shape index (κ3) is 3.37. The number of carboxylic acid groups (broad SMARTS) is 1. The molecule has 0 bridgehead atoms. The normalized spacial score (nSPS) is 27.9. The molecule has 4 rings (SSSR count). The van der Waals surface area contributed by atoms with Gasteiger partial charge in [-0.1, -0.05) is 30.3 Å². The molecule has 0 aliphatic carbocycles. The molecular formula is C19H23N5O5S. The molecule has 160 valence electrons.